The van der Waals surface area contributed by atoms with E-state index in [4.69, 9.17) is 4.98 Å². The molecule has 1 spiro atoms. The molecule has 0 saturated carbocycles. The van der Waals surface area contributed by atoms with Crippen LogP contribution in [0.3, 0.4) is 0 Å². The van der Waals surface area contributed by atoms with Crippen LogP contribution in [-0.4, -0.2) is 9.97 Å². The Labute approximate surface area is 312 Å². The van der Waals surface area contributed by atoms with Crippen molar-refractivity contribution in [2.45, 2.75) is 12.3 Å². The van der Waals surface area contributed by atoms with Gasteiger partial charge in [0.2, 0.25) is 0 Å². The zero-order valence-corrected chi connectivity index (χ0v) is 29.9. The highest BCUT2D eigenvalue weighted by molar-refractivity contribution is 7.20. The van der Waals surface area contributed by atoms with Crippen LogP contribution in [0.2, 0.25) is 0 Å². The quantitative estimate of drug-likeness (QED) is 0.172. The molecule has 9 aromatic rings. The molecule has 6 aromatic carbocycles. The van der Waals surface area contributed by atoms with Crippen molar-refractivity contribution in [2.75, 3.05) is 0 Å². The van der Waals surface area contributed by atoms with Gasteiger partial charge >= 0.3 is 0 Å². The maximum absolute atomic E-state index is 5.11. The lowest BCUT2D eigenvalue weighted by molar-refractivity contribution is 0.793. The highest BCUT2D eigenvalue weighted by Gasteiger charge is 2.52. The lowest BCUT2D eigenvalue weighted by atomic mass is 9.70. The summed E-state index contributed by atoms with van der Waals surface area (Å²) in [6.45, 7) is 6.28. The van der Waals surface area contributed by atoms with Crippen molar-refractivity contribution in [1.82, 2.24) is 9.97 Å². The van der Waals surface area contributed by atoms with Crippen LogP contribution in [0.1, 0.15) is 39.6 Å². The molecule has 3 aromatic heterocycles. The number of nitrogens with zero attached hydrogens (tertiary/aromatic N) is 2. The Hall–Kier alpha value is -6.42. The molecule has 0 aliphatic heterocycles. The predicted molar refractivity (Wildman–Crippen MR) is 224 cm³/mol. The third kappa shape index (κ3) is 3.97. The fraction of sp³-hybridized carbons (Fsp3) is 0.0400. The van der Waals surface area contributed by atoms with Crippen molar-refractivity contribution in [3.63, 3.8) is 0 Å². The van der Waals surface area contributed by atoms with Crippen LogP contribution >= 0.6 is 11.3 Å². The molecule has 0 radical (unpaired) electrons. The molecule has 2 aliphatic carbocycles. The summed E-state index contributed by atoms with van der Waals surface area (Å²) >= 11 is 1.82. The average molecular weight is 693 g/mol. The summed E-state index contributed by atoms with van der Waals surface area (Å²) < 4.78 is 1.28. The predicted octanol–water partition coefficient (Wildman–Crippen LogP) is 13.4. The van der Waals surface area contributed by atoms with E-state index >= 15 is 0 Å². The third-order valence-electron chi connectivity index (χ3n) is 11.5. The first-order chi connectivity index (χ1) is 26.2. The Morgan fingerprint density at radius 3 is 1.98 bits per heavy atom. The standard InChI is InChI=1S/C50H32N2S/c1-3-13-33-40-27-44-39(28-46(40)53-45(33)4-2)32-15-9-10-20-41(32)50(44)42-21-12-25-52-49(42)38-23-22-30(26-43(38)50)47-34-16-5-7-18-36(34)48(31-14-11-24-51-29-31)37-19-8-6-17-35(37)47/h3-29H,2H2,1H3/b13-3-. The Morgan fingerprint density at radius 1 is 0.585 bits per heavy atom. The monoisotopic (exact) mass is 692 g/mol. The van der Waals surface area contributed by atoms with Crippen LogP contribution in [-0.2, 0) is 5.41 Å². The first kappa shape index (κ1) is 30.2. The molecule has 248 valence electrons. The molecule has 2 aliphatic rings. The summed E-state index contributed by atoms with van der Waals surface area (Å²) in [5.41, 5.74) is 15.5. The van der Waals surface area contributed by atoms with E-state index < -0.39 is 5.41 Å². The van der Waals surface area contributed by atoms with Gasteiger partial charge in [0, 0.05) is 44.7 Å². The van der Waals surface area contributed by atoms with Gasteiger partial charge < -0.3 is 0 Å². The van der Waals surface area contributed by atoms with E-state index in [1.54, 1.807) is 0 Å². The maximum Gasteiger partial charge on any atom is 0.0753 e. The largest absolute Gasteiger partial charge is 0.264 e. The molecule has 0 saturated heterocycles. The number of allylic oxidation sites excluding steroid dienone is 1. The summed E-state index contributed by atoms with van der Waals surface area (Å²) in [5, 5.41) is 6.17. The van der Waals surface area contributed by atoms with E-state index in [2.05, 4.69) is 152 Å². The van der Waals surface area contributed by atoms with Gasteiger partial charge in [-0.25, -0.2) is 0 Å². The Balaban J connectivity index is 1.26. The topological polar surface area (TPSA) is 25.8 Å². The lowest BCUT2D eigenvalue weighted by Gasteiger charge is -2.30. The maximum atomic E-state index is 5.11. The number of hydrogen-bond acceptors (Lipinski definition) is 3. The molecule has 2 nitrogen and oxygen atoms in total. The van der Waals surface area contributed by atoms with E-state index in [1.165, 1.54) is 97.7 Å². The van der Waals surface area contributed by atoms with Gasteiger partial charge in [-0.2, -0.15) is 0 Å². The zero-order chi connectivity index (χ0) is 35.3. The molecule has 0 amide bonds. The van der Waals surface area contributed by atoms with Crippen molar-refractivity contribution < 1.29 is 0 Å². The van der Waals surface area contributed by atoms with Crippen molar-refractivity contribution in [2.24, 2.45) is 0 Å². The fourth-order valence-electron chi connectivity index (χ4n) is 9.52. The molecule has 1 atom stereocenters. The summed E-state index contributed by atoms with van der Waals surface area (Å²) in [6.07, 6.45) is 12.1. The normalized spacial score (nSPS) is 15.3. The molecule has 0 bridgehead atoms. The number of aromatic nitrogens is 2. The van der Waals surface area contributed by atoms with Gasteiger partial charge in [-0.1, -0.05) is 122 Å². The van der Waals surface area contributed by atoms with Crippen LogP contribution < -0.4 is 0 Å². The lowest BCUT2D eigenvalue weighted by Crippen LogP contribution is -2.26. The van der Waals surface area contributed by atoms with Gasteiger partial charge in [0.15, 0.2) is 0 Å². The minimum absolute atomic E-state index is 0.528. The van der Waals surface area contributed by atoms with Crippen molar-refractivity contribution in [3.05, 3.63) is 191 Å². The van der Waals surface area contributed by atoms with Crippen LogP contribution in [0.15, 0.2) is 159 Å². The Kier molecular flexibility index (Phi) is 6.44. The molecule has 0 fully saturated rings. The molecule has 11 rings (SSSR count). The zero-order valence-electron chi connectivity index (χ0n) is 29.1. The van der Waals surface area contributed by atoms with E-state index in [-0.39, 0.29) is 0 Å². The first-order valence-corrected chi connectivity index (χ1v) is 18.9. The van der Waals surface area contributed by atoms with Gasteiger partial charge in [0.05, 0.1) is 11.1 Å². The number of thiophene rings is 1. The van der Waals surface area contributed by atoms with Gasteiger partial charge in [0.1, 0.15) is 0 Å². The number of rotatable bonds is 4. The van der Waals surface area contributed by atoms with E-state index in [0.717, 1.165) is 11.3 Å². The van der Waals surface area contributed by atoms with E-state index in [9.17, 15) is 0 Å². The highest BCUT2D eigenvalue weighted by atomic mass is 32.1. The third-order valence-corrected chi connectivity index (χ3v) is 12.7. The molecule has 53 heavy (non-hydrogen) atoms. The number of pyridine rings is 2. The second-order valence-electron chi connectivity index (χ2n) is 14.0. The van der Waals surface area contributed by atoms with Crippen molar-refractivity contribution in [1.29, 1.82) is 0 Å². The second kappa shape index (κ2) is 11.3. The molecular formula is C50H32N2S. The fourth-order valence-corrected chi connectivity index (χ4v) is 10.6. The average Bonchev–Trinajstić information content (AvgIpc) is 3.82. The highest BCUT2D eigenvalue weighted by Crippen LogP contribution is 2.63. The number of fused-ring (bicyclic) bond motifs is 13. The molecule has 1 unspecified atom stereocenters. The van der Waals surface area contributed by atoms with Gasteiger partial charge in [-0.15, -0.1) is 11.3 Å². The van der Waals surface area contributed by atoms with Crippen LogP contribution in [0, 0.1) is 0 Å². The first-order valence-electron chi connectivity index (χ1n) is 18.1. The van der Waals surface area contributed by atoms with E-state index in [0.29, 0.717) is 0 Å². The molecule has 0 N–H and O–H groups in total. The van der Waals surface area contributed by atoms with E-state index in [1.807, 2.05) is 42.1 Å². The summed E-state index contributed by atoms with van der Waals surface area (Å²) in [7, 11) is 0. The molecule has 3 heteroatoms. The summed E-state index contributed by atoms with van der Waals surface area (Å²) in [5.74, 6) is 0. The molecular weight excluding hydrogens is 661 g/mol. The van der Waals surface area contributed by atoms with Crippen LogP contribution in [0.25, 0.3) is 88.4 Å². The smallest absolute Gasteiger partial charge is 0.0753 e. The van der Waals surface area contributed by atoms with Crippen LogP contribution in [0.5, 0.6) is 0 Å². The summed E-state index contributed by atoms with van der Waals surface area (Å²) in [4.78, 5) is 10.8. The molecule has 3 heterocycles. The number of hydrogen-bond donors (Lipinski definition) is 0. The number of benzene rings is 6. The second-order valence-corrected chi connectivity index (χ2v) is 15.1. The summed E-state index contributed by atoms with van der Waals surface area (Å²) in [6, 6.07) is 47.4. The minimum atomic E-state index is -0.528. The SMILES string of the molecule is C=Cc1sc2cc3c(cc2c1/C=C\C)C1(c2ccccc2-3)c2cc(-c3c4ccccc4c(-c4cccnc4)c4ccccc34)ccc2-c2ncccc21. The van der Waals surface area contributed by atoms with Gasteiger partial charge in [0.25, 0.3) is 0 Å². The van der Waals surface area contributed by atoms with Gasteiger partial charge in [-0.3, -0.25) is 9.97 Å². The Morgan fingerprint density at radius 2 is 1.26 bits per heavy atom. The van der Waals surface area contributed by atoms with Crippen molar-refractivity contribution >= 4 is 55.1 Å². The Bertz CT molecular complexity index is 2980. The minimum Gasteiger partial charge on any atom is -0.264 e. The van der Waals surface area contributed by atoms with Crippen molar-refractivity contribution in [3.8, 4) is 44.6 Å². The van der Waals surface area contributed by atoms with Crippen LogP contribution in [0.4, 0.5) is 0 Å². The van der Waals surface area contributed by atoms with Gasteiger partial charge in [-0.05, 0) is 114 Å².